The van der Waals surface area contributed by atoms with Crippen molar-refractivity contribution < 1.29 is 9.47 Å². The van der Waals surface area contributed by atoms with Crippen LogP contribution in [0.15, 0.2) is 24.4 Å². The summed E-state index contributed by atoms with van der Waals surface area (Å²) in [5, 5.41) is 1.04. The van der Waals surface area contributed by atoms with Crippen LogP contribution in [0.2, 0.25) is 0 Å². The van der Waals surface area contributed by atoms with Crippen molar-refractivity contribution in [1.29, 1.82) is 0 Å². The molecule has 7 nitrogen and oxygen atoms in total. The molecule has 174 valence electrons. The second-order valence-corrected chi connectivity index (χ2v) is 9.35. The zero-order chi connectivity index (χ0) is 22.8. The van der Waals surface area contributed by atoms with Crippen LogP contribution in [-0.2, 0) is 11.2 Å². The highest BCUT2D eigenvalue weighted by molar-refractivity contribution is 5.90. The van der Waals surface area contributed by atoms with Gasteiger partial charge in [0.15, 0.2) is 0 Å². The first kappa shape index (κ1) is 22.0. The summed E-state index contributed by atoms with van der Waals surface area (Å²) in [4.78, 5) is 20.5. The van der Waals surface area contributed by atoms with Crippen LogP contribution in [0.1, 0.15) is 48.7 Å². The topological polar surface area (TPSA) is 73.3 Å². The summed E-state index contributed by atoms with van der Waals surface area (Å²) < 4.78 is 12.2. The number of benzene rings is 1. The molecule has 5 rings (SSSR count). The quantitative estimate of drug-likeness (QED) is 0.575. The van der Waals surface area contributed by atoms with Gasteiger partial charge in [0.25, 0.3) is 0 Å². The number of rotatable bonds is 5. The Morgan fingerprint density at radius 1 is 0.970 bits per heavy atom. The lowest BCUT2D eigenvalue weighted by molar-refractivity contribution is 0.122. The van der Waals surface area contributed by atoms with Crippen molar-refractivity contribution in [1.82, 2.24) is 19.9 Å². The van der Waals surface area contributed by atoms with Gasteiger partial charge >= 0.3 is 0 Å². The Hall–Kier alpha value is -2.80. The van der Waals surface area contributed by atoms with E-state index in [-0.39, 0.29) is 6.10 Å². The normalized spacial score (nSPS) is 21.4. The highest BCUT2D eigenvalue weighted by atomic mass is 16.5. The van der Waals surface area contributed by atoms with Crippen molar-refractivity contribution >= 4 is 16.6 Å². The van der Waals surface area contributed by atoms with Crippen LogP contribution in [0.5, 0.6) is 5.75 Å². The van der Waals surface area contributed by atoms with E-state index >= 15 is 0 Å². The zero-order valence-corrected chi connectivity index (χ0v) is 19.9. The van der Waals surface area contributed by atoms with Gasteiger partial charge in [0.05, 0.1) is 35.9 Å². The fourth-order valence-electron chi connectivity index (χ4n) is 5.18. The monoisotopic (exact) mass is 447 g/mol. The molecule has 0 radical (unpaired) electrons. The molecule has 0 unspecified atom stereocenters. The van der Waals surface area contributed by atoms with Gasteiger partial charge in [-0.3, -0.25) is 0 Å². The number of ether oxygens (including phenoxy) is 2. The van der Waals surface area contributed by atoms with E-state index in [9.17, 15) is 0 Å². The highest BCUT2D eigenvalue weighted by Crippen LogP contribution is 2.36. The van der Waals surface area contributed by atoms with E-state index in [1.54, 1.807) is 0 Å². The fraction of sp³-hybridized carbons (Fsp3) is 0.538. The molecule has 0 N–H and O–H groups in total. The lowest BCUT2D eigenvalue weighted by Gasteiger charge is -2.31. The standard InChI is InChI=1S/C26H33N5O2/c1-17-26-24(30-19(3)28-17)15-22(31-10-12-32-13-11-31)16-25(26)33-23-6-4-20(5-7-23)14-21-8-9-27-18(2)29-21/h8-9,15-16,20,23H,4-7,10-14H2,1-3H3. The molecule has 1 aliphatic carbocycles. The Balaban J connectivity index is 1.33. The van der Waals surface area contributed by atoms with E-state index in [4.69, 9.17) is 14.5 Å². The number of hydrogen-bond donors (Lipinski definition) is 0. The van der Waals surface area contributed by atoms with Crippen molar-refractivity contribution in [2.45, 2.75) is 59.0 Å². The number of aromatic nitrogens is 4. The molecule has 0 bridgehead atoms. The van der Waals surface area contributed by atoms with Crippen molar-refractivity contribution in [3.63, 3.8) is 0 Å². The van der Waals surface area contributed by atoms with E-state index in [1.807, 2.05) is 26.1 Å². The van der Waals surface area contributed by atoms with Crippen molar-refractivity contribution in [3.05, 3.63) is 47.4 Å². The molecule has 1 aromatic carbocycles. The SMILES string of the molecule is Cc1nccc(CC2CCC(Oc3cc(N4CCOCC4)cc4nc(C)nc(C)c34)CC2)n1. The molecule has 7 heteroatoms. The summed E-state index contributed by atoms with van der Waals surface area (Å²) in [7, 11) is 0. The Kier molecular flexibility index (Phi) is 6.40. The Labute approximate surface area is 195 Å². The van der Waals surface area contributed by atoms with Crippen LogP contribution < -0.4 is 9.64 Å². The molecular formula is C26H33N5O2. The first-order valence-electron chi connectivity index (χ1n) is 12.1. The minimum absolute atomic E-state index is 0.220. The Morgan fingerprint density at radius 3 is 2.52 bits per heavy atom. The number of fused-ring (bicyclic) bond motifs is 1. The predicted molar refractivity (Wildman–Crippen MR) is 129 cm³/mol. The average molecular weight is 448 g/mol. The van der Waals surface area contributed by atoms with E-state index in [1.165, 1.54) is 0 Å². The maximum Gasteiger partial charge on any atom is 0.133 e. The number of nitrogens with zero attached hydrogens (tertiary/aromatic N) is 5. The second kappa shape index (κ2) is 9.59. The third-order valence-corrected chi connectivity index (χ3v) is 6.83. The Morgan fingerprint density at radius 2 is 1.76 bits per heavy atom. The van der Waals surface area contributed by atoms with Gasteiger partial charge in [-0.05, 0) is 70.9 Å². The zero-order valence-electron chi connectivity index (χ0n) is 19.9. The molecule has 1 aliphatic heterocycles. The van der Waals surface area contributed by atoms with Crippen LogP contribution >= 0.6 is 0 Å². The van der Waals surface area contributed by atoms with Gasteiger partial charge in [-0.1, -0.05) is 0 Å². The first-order valence-corrected chi connectivity index (χ1v) is 12.1. The molecule has 33 heavy (non-hydrogen) atoms. The van der Waals surface area contributed by atoms with Crippen molar-refractivity contribution in [2.24, 2.45) is 5.92 Å². The molecule has 2 fully saturated rings. The summed E-state index contributed by atoms with van der Waals surface area (Å²) in [6.07, 6.45) is 7.54. The lowest BCUT2D eigenvalue weighted by atomic mass is 9.84. The maximum atomic E-state index is 6.67. The maximum absolute atomic E-state index is 6.67. The van der Waals surface area contributed by atoms with Crippen LogP contribution in [0.4, 0.5) is 5.69 Å². The number of anilines is 1. The van der Waals surface area contributed by atoms with Gasteiger partial charge in [0.1, 0.15) is 17.4 Å². The molecule has 3 heterocycles. The van der Waals surface area contributed by atoms with Gasteiger partial charge in [0.2, 0.25) is 0 Å². The van der Waals surface area contributed by atoms with E-state index < -0.39 is 0 Å². The Bertz CT molecular complexity index is 1120. The van der Waals surface area contributed by atoms with Crippen molar-refractivity contribution in [2.75, 3.05) is 31.2 Å². The van der Waals surface area contributed by atoms with Gasteiger partial charge in [-0.2, -0.15) is 0 Å². The molecule has 0 spiro atoms. The molecular weight excluding hydrogens is 414 g/mol. The summed E-state index contributed by atoms with van der Waals surface area (Å²) in [5.74, 6) is 3.22. The van der Waals surface area contributed by atoms with Crippen LogP contribution in [0.3, 0.4) is 0 Å². The second-order valence-electron chi connectivity index (χ2n) is 9.35. The van der Waals surface area contributed by atoms with Gasteiger partial charge in [-0.25, -0.2) is 19.9 Å². The summed E-state index contributed by atoms with van der Waals surface area (Å²) in [6, 6.07) is 6.41. The summed E-state index contributed by atoms with van der Waals surface area (Å²) in [5.41, 5.74) is 4.26. The summed E-state index contributed by atoms with van der Waals surface area (Å²) >= 11 is 0. The average Bonchev–Trinajstić information content (AvgIpc) is 2.80. The minimum atomic E-state index is 0.220. The smallest absolute Gasteiger partial charge is 0.133 e. The molecule has 0 amide bonds. The highest BCUT2D eigenvalue weighted by Gasteiger charge is 2.25. The summed E-state index contributed by atoms with van der Waals surface area (Å²) in [6.45, 7) is 9.26. The minimum Gasteiger partial charge on any atom is -0.490 e. The molecule has 2 aromatic heterocycles. The molecule has 2 aliphatic rings. The van der Waals surface area contributed by atoms with Crippen LogP contribution in [0.25, 0.3) is 10.9 Å². The van der Waals surface area contributed by atoms with E-state index in [0.717, 1.165) is 104 Å². The third-order valence-electron chi connectivity index (χ3n) is 6.83. The molecule has 1 saturated heterocycles. The molecule has 0 atom stereocenters. The number of hydrogen-bond acceptors (Lipinski definition) is 7. The van der Waals surface area contributed by atoms with E-state index in [0.29, 0.717) is 5.92 Å². The van der Waals surface area contributed by atoms with Crippen LogP contribution in [-0.4, -0.2) is 52.3 Å². The van der Waals surface area contributed by atoms with Crippen molar-refractivity contribution in [3.8, 4) is 5.75 Å². The molecule has 3 aromatic rings. The largest absolute Gasteiger partial charge is 0.490 e. The van der Waals surface area contributed by atoms with E-state index in [2.05, 4.69) is 38.9 Å². The van der Waals surface area contributed by atoms with Gasteiger partial charge in [0, 0.05) is 36.7 Å². The fourth-order valence-corrected chi connectivity index (χ4v) is 5.18. The van der Waals surface area contributed by atoms with Gasteiger partial charge in [-0.15, -0.1) is 0 Å². The molecule has 1 saturated carbocycles. The number of morpholine rings is 1. The third kappa shape index (κ3) is 5.08. The lowest BCUT2D eigenvalue weighted by Crippen LogP contribution is -2.36. The first-order chi connectivity index (χ1) is 16.0. The predicted octanol–water partition coefficient (Wildman–Crippen LogP) is 4.36. The number of aryl methyl sites for hydroxylation is 3. The van der Waals surface area contributed by atoms with Crippen LogP contribution in [0, 0.1) is 26.7 Å². The van der Waals surface area contributed by atoms with Gasteiger partial charge < -0.3 is 14.4 Å².